The van der Waals surface area contributed by atoms with Crippen molar-refractivity contribution >= 4 is 6.03 Å². The average Bonchev–Trinajstić information content (AvgIpc) is 1.65. The molecule has 0 saturated heterocycles. The number of carbonyl (C=O) groups is 1. The van der Waals surface area contributed by atoms with Crippen LogP contribution in [-0.2, 0) is 0 Å². The lowest BCUT2D eigenvalue weighted by atomic mass is 11.1. The fourth-order valence-corrected chi connectivity index (χ4v) is 0.0745. The van der Waals surface area contributed by atoms with Crippen molar-refractivity contribution in [2.45, 2.75) is 0 Å². The van der Waals surface area contributed by atoms with E-state index in [1.807, 2.05) is 0 Å². The number of carbonyl (C=O) groups excluding carboxylic acids is 1. The van der Waals surface area contributed by atoms with E-state index < -0.39 is 6.03 Å². The minimum atomic E-state index is -0.736. The zero-order valence-corrected chi connectivity index (χ0v) is 3.59. The first-order valence-corrected chi connectivity index (χ1v) is 1.48. The van der Waals surface area contributed by atoms with Crippen molar-refractivity contribution in [1.29, 1.82) is 0 Å². The fraction of sp³-hybridized carbons (Fsp3) is 0. The van der Waals surface area contributed by atoms with E-state index in [4.69, 9.17) is 0 Å². The van der Waals surface area contributed by atoms with Gasteiger partial charge in [0.1, 0.15) is 0 Å². The molecule has 6 nitrogen and oxygen atoms in total. The maximum atomic E-state index is 9.95. The van der Waals surface area contributed by atoms with Crippen molar-refractivity contribution in [3.05, 3.63) is 0 Å². The second-order valence-electron chi connectivity index (χ2n) is 0.857. The Morgan fingerprint density at radius 2 is 2.00 bits per heavy atom. The third-order valence-corrected chi connectivity index (χ3v) is 0.358. The number of hydrogen-bond acceptors (Lipinski definition) is 4. The maximum absolute atomic E-state index is 9.95. The Kier molecular flexibility index (Phi) is 2.06. The van der Waals surface area contributed by atoms with Crippen LogP contribution in [0.3, 0.4) is 0 Å². The zero-order chi connectivity index (χ0) is 5.86. The number of nitrogens with two attached hydrogens (primary N) is 3. The van der Waals surface area contributed by atoms with Gasteiger partial charge in [0.2, 0.25) is 0 Å². The van der Waals surface area contributed by atoms with Gasteiger partial charge in [-0.3, -0.25) is 5.43 Å². The van der Waals surface area contributed by atoms with E-state index in [0.29, 0.717) is 5.12 Å². The van der Waals surface area contributed by atoms with Gasteiger partial charge in [0, 0.05) is 0 Å². The summed E-state index contributed by atoms with van der Waals surface area (Å²) in [6.07, 6.45) is 0. The Morgan fingerprint density at radius 3 is 2.00 bits per heavy atom. The highest BCUT2D eigenvalue weighted by Crippen LogP contribution is 1.59. The van der Waals surface area contributed by atoms with Gasteiger partial charge in [-0.1, -0.05) is 0 Å². The van der Waals surface area contributed by atoms with Gasteiger partial charge in [0.05, 0.1) is 0 Å². The molecule has 6 heteroatoms. The summed E-state index contributed by atoms with van der Waals surface area (Å²) in [5.41, 5.74) is 1.70. The summed E-state index contributed by atoms with van der Waals surface area (Å²) in [7, 11) is 0. The van der Waals surface area contributed by atoms with Crippen LogP contribution in [0.15, 0.2) is 0 Å². The van der Waals surface area contributed by atoms with Crippen LogP contribution in [0.1, 0.15) is 0 Å². The molecule has 42 valence electrons. The predicted molar refractivity (Wildman–Crippen MR) is 22.9 cm³/mol. The first-order chi connectivity index (χ1) is 3.18. The molecule has 0 aromatic rings. The number of hydrazine groups is 3. The summed E-state index contributed by atoms with van der Waals surface area (Å²) in [6.45, 7) is 0. The van der Waals surface area contributed by atoms with Crippen LogP contribution in [0, 0.1) is 0 Å². The Morgan fingerprint density at radius 1 is 1.57 bits per heavy atom. The summed E-state index contributed by atoms with van der Waals surface area (Å²) in [6, 6.07) is -0.736. The molecule has 7 heavy (non-hydrogen) atoms. The van der Waals surface area contributed by atoms with E-state index >= 15 is 0 Å². The van der Waals surface area contributed by atoms with Crippen molar-refractivity contribution < 1.29 is 4.79 Å². The smallest absolute Gasteiger partial charge is 0.274 e. The van der Waals surface area contributed by atoms with Crippen molar-refractivity contribution in [3.8, 4) is 0 Å². The quantitative estimate of drug-likeness (QED) is 0.156. The molecule has 0 bridgehead atoms. The van der Waals surface area contributed by atoms with Gasteiger partial charge in [-0.2, -0.15) is 5.12 Å². The molecule has 0 saturated carbocycles. The highest BCUT2D eigenvalue weighted by molar-refractivity contribution is 5.71. The lowest BCUT2D eigenvalue weighted by Gasteiger charge is -2.05. The van der Waals surface area contributed by atoms with Gasteiger partial charge >= 0.3 is 6.03 Å². The van der Waals surface area contributed by atoms with Crippen LogP contribution in [0.4, 0.5) is 4.79 Å². The SMILES string of the molecule is NNC(=O)N(N)N. The van der Waals surface area contributed by atoms with Crippen LogP contribution in [0.5, 0.6) is 0 Å². The molecule has 0 fully saturated rings. The number of rotatable bonds is 0. The summed E-state index contributed by atoms with van der Waals surface area (Å²) in [5.74, 6) is 13.9. The third-order valence-electron chi connectivity index (χ3n) is 0.358. The molecule has 0 aliphatic carbocycles. The molecule has 0 spiro atoms. The zero-order valence-electron chi connectivity index (χ0n) is 3.59. The molecule has 0 aliphatic rings. The second kappa shape index (κ2) is 2.35. The van der Waals surface area contributed by atoms with Crippen molar-refractivity contribution in [1.82, 2.24) is 10.5 Å². The topological polar surface area (TPSA) is 110 Å². The Labute approximate surface area is 40.1 Å². The highest BCUT2D eigenvalue weighted by Gasteiger charge is 1.96. The highest BCUT2D eigenvalue weighted by atomic mass is 16.2. The van der Waals surface area contributed by atoms with Crippen LogP contribution in [-0.4, -0.2) is 11.1 Å². The van der Waals surface area contributed by atoms with Crippen LogP contribution in [0.2, 0.25) is 0 Å². The van der Waals surface area contributed by atoms with E-state index in [1.54, 1.807) is 5.43 Å². The first-order valence-electron chi connectivity index (χ1n) is 1.48. The molecule has 7 N–H and O–H groups in total. The molecule has 0 aromatic carbocycles. The molecule has 0 radical (unpaired) electrons. The number of urea groups is 1. The van der Waals surface area contributed by atoms with Crippen molar-refractivity contribution in [2.24, 2.45) is 17.5 Å². The third kappa shape index (κ3) is 1.93. The minimum Gasteiger partial charge on any atom is -0.274 e. The van der Waals surface area contributed by atoms with E-state index in [2.05, 4.69) is 17.5 Å². The van der Waals surface area contributed by atoms with E-state index in [0.717, 1.165) is 0 Å². The van der Waals surface area contributed by atoms with E-state index in [9.17, 15) is 4.79 Å². The molecule has 2 amide bonds. The Bertz CT molecular complexity index is 68.5. The molecule has 0 rings (SSSR count). The summed E-state index contributed by atoms with van der Waals surface area (Å²) in [5, 5.41) is 0.347. The first kappa shape index (κ1) is 6.15. The van der Waals surface area contributed by atoms with Crippen LogP contribution >= 0.6 is 0 Å². The fourth-order valence-electron chi connectivity index (χ4n) is 0.0745. The average molecular weight is 105 g/mol. The van der Waals surface area contributed by atoms with Gasteiger partial charge in [0.25, 0.3) is 0 Å². The number of hydrogen-bond donors (Lipinski definition) is 4. The number of nitrogens with one attached hydrogen (secondary N) is 1. The lowest BCUT2D eigenvalue weighted by Crippen LogP contribution is -2.51. The Balaban J connectivity index is 3.35. The molecular weight excluding hydrogens is 98.0 g/mol. The van der Waals surface area contributed by atoms with E-state index in [-0.39, 0.29) is 0 Å². The van der Waals surface area contributed by atoms with Crippen LogP contribution in [0.25, 0.3) is 0 Å². The van der Waals surface area contributed by atoms with Gasteiger partial charge in [-0.05, 0) is 0 Å². The predicted octanol–water partition coefficient (Wildman–Crippen LogP) is -2.38. The summed E-state index contributed by atoms with van der Waals surface area (Å²) >= 11 is 0. The summed E-state index contributed by atoms with van der Waals surface area (Å²) in [4.78, 5) is 9.95. The van der Waals surface area contributed by atoms with E-state index in [1.165, 1.54) is 0 Å². The molecular formula is CH7N5O. The molecule has 0 heterocycles. The normalized spacial score (nSPS) is 7.86. The number of nitrogens with zero attached hydrogens (tertiary/aromatic N) is 1. The van der Waals surface area contributed by atoms with Gasteiger partial charge in [-0.15, -0.1) is 0 Å². The van der Waals surface area contributed by atoms with Gasteiger partial charge in [0.15, 0.2) is 0 Å². The minimum absolute atomic E-state index is 0.347. The monoisotopic (exact) mass is 105 g/mol. The van der Waals surface area contributed by atoms with Crippen molar-refractivity contribution in [3.63, 3.8) is 0 Å². The largest absolute Gasteiger partial charge is 0.360 e. The molecule has 0 atom stereocenters. The Hall–Kier alpha value is -0.850. The lowest BCUT2D eigenvalue weighted by molar-refractivity contribution is 0.200. The van der Waals surface area contributed by atoms with Gasteiger partial charge in [-0.25, -0.2) is 22.3 Å². The molecule has 0 aromatic heterocycles. The van der Waals surface area contributed by atoms with Crippen molar-refractivity contribution in [2.75, 3.05) is 0 Å². The second-order valence-corrected chi connectivity index (χ2v) is 0.857. The molecule has 0 unspecified atom stereocenters. The maximum Gasteiger partial charge on any atom is 0.360 e. The number of amides is 2. The standard InChI is InChI=1S/CH7N5O/c2-5-1(7)6(3)4/h2-4H2,(H,5,7). The molecule has 0 aliphatic heterocycles. The van der Waals surface area contributed by atoms with Gasteiger partial charge < -0.3 is 0 Å². The van der Waals surface area contributed by atoms with Crippen LogP contribution < -0.4 is 23.0 Å². The summed E-state index contributed by atoms with van der Waals surface area (Å²) < 4.78 is 0.